The number of carbonyl (C=O) groups is 2. The van der Waals surface area contributed by atoms with Crippen LogP contribution in [0.2, 0.25) is 0 Å². The number of Topliss-reactive ketones (excluding diaryl/α,β-unsaturated/α-hetero) is 1. The molecule has 0 saturated carbocycles. The molecule has 5 N–H and O–H groups in total. The fourth-order valence-corrected chi connectivity index (χ4v) is 0.395. The molecular formula is C5H8O7. The van der Waals surface area contributed by atoms with Crippen molar-refractivity contribution in [3.63, 3.8) is 0 Å². The molecule has 0 rings (SSSR count). The summed E-state index contributed by atoms with van der Waals surface area (Å²) in [6, 6.07) is 0. The normalized spacial score (nSPS) is 12.8. The van der Waals surface area contributed by atoms with Crippen molar-refractivity contribution < 1.29 is 35.1 Å². The van der Waals surface area contributed by atoms with Crippen LogP contribution in [-0.2, 0) is 9.59 Å². The third-order valence-corrected chi connectivity index (χ3v) is 1.28. The lowest BCUT2D eigenvalue weighted by Gasteiger charge is -2.28. The zero-order valence-electron chi connectivity index (χ0n) is 6.05. The predicted molar refractivity (Wildman–Crippen MR) is 32.7 cm³/mol. The highest BCUT2D eigenvalue weighted by Crippen LogP contribution is 2.18. The molecule has 7 heteroatoms. The highest BCUT2D eigenvalue weighted by atomic mass is 16.6. The quantitative estimate of drug-likeness (QED) is 0.292. The second-order valence-electron chi connectivity index (χ2n) is 2.21. The van der Waals surface area contributed by atoms with Crippen LogP contribution in [0.1, 0.15) is 6.92 Å². The molecule has 0 heterocycles. The molecule has 0 radical (unpaired) electrons. The van der Waals surface area contributed by atoms with E-state index >= 15 is 0 Å². The first-order valence-corrected chi connectivity index (χ1v) is 2.78. The van der Waals surface area contributed by atoms with E-state index < -0.39 is 23.3 Å². The van der Waals surface area contributed by atoms with E-state index in [1.165, 1.54) is 0 Å². The summed E-state index contributed by atoms with van der Waals surface area (Å²) in [6.07, 6.45) is 0. The minimum Gasteiger partial charge on any atom is -0.477 e. The predicted octanol–water partition coefficient (Wildman–Crippen LogP) is -2.98. The second-order valence-corrected chi connectivity index (χ2v) is 2.21. The van der Waals surface area contributed by atoms with Gasteiger partial charge >= 0.3 is 11.8 Å². The van der Waals surface area contributed by atoms with Gasteiger partial charge in [-0.05, 0) is 0 Å². The van der Waals surface area contributed by atoms with E-state index in [2.05, 4.69) is 0 Å². The molecule has 0 spiro atoms. The largest absolute Gasteiger partial charge is 0.477 e. The number of carbonyl (C=O) groups excluding carboxylic acids is 1. The summed E-state index contributed by atoms with van der Waals surface area (Å²) in [4.78, 5) is 20.3. The van der Waals surface area contributed by atoms with Crippen LogP contribution in [0.3, 0.4) is 0 Å². The number of hydrogen-bond donors (Lipinski definition) is 5. The van der Waals surface area contributed by atoms with Gasteiger partial charge in [-0.2, -0.15) is 0 Å². The van der Waals surface area contributed by atoms with E-state index in [1.807, 2.05) is 0 Å². The van der Waals surface area contributed by atoms with E-state index in [4.69, 9.17) is 25.5 Å². The van der Waals surface area contributed by atoms with Gasteiger partial charge in [-0.3, -0.25) is 4.79 Å². The first-order chi connectivity index (χ1) is 5.14. The summed E-state index contributed by atoms with van der Waals surface area (Å²) < 4.78 is 0. The Labute approximate surface area is 66.5 Å². The molecule has 70 valence electrons. The lowest BCUT2D eigenvalue weighted by atomic mass is 10.0. The molecule has 0 aliphatic rings. The standard InChI is InChI=1S/C5H8O7/c1-2(6)4(9,10)5(11,12)3(7)8/h9-12H,1H3,(H,7,8). The van der Waals surface area contributed by atoms with Gasteiger partial charge in [0.2, 0.25) is 0 Å². The van der Waals surface area contributed by atoms with Crippen molar-refractivity contribution in [2.75, 3.05) is 0 Å². The van der Waals surface area contributed by atoms with Gasteiger partial charge in [-0.1, -0.05) is 0 Å². The van der Waals surface area contributed by atoms with Crippen molar-refractivity contribution in [2.45, 2.75) is 18.5 Å². The van der Waals surface area contributed by atoms with Crippen molar-refractivity contribution in [3.8, 4) is 0 Å². The topological polar surface area (TPSA) is 135 Å². The minimum absolute atomic E-state index is 0.601. The Morgan fingerprint density at radius 1 is 1.00 bits per heavy atom. The third-order valence-electron chi connectivity index (χ3n) is 1.28. The summed E-state index contributed by atoms with van der Waals surface area (Å²) >= 11 is 0. The first-order valence-electron chi connectivity index (χ1n) is 2.78. The highest BCUT2D eigenvalue weighted by molar-refractivity contribution is 5.91. The maximum absolute atomic E-state index is 10.3. The average molecular weight is 180 g/mol. The maximum Gasteiger partial charge on any atom is 0.370 e. The summed E-state index contributed by atoms with van der Waals surface area (Å²) in [5.74, 6) is -11.4. The summed E-state index contributed by atoms with van der Waals surface area (Å²) in [5, 5.41) is 42.3. The van der Waals surface area contributed by atoms with E-state index in [-0.39, 0.29) is 0 Å². The SMILES string of the molecule is CC(=O)C(O)(O)C(O)(O)C(=O)O. The second kappa shape index (κ2) is 2.79. The molecule has 0 aliphatic carbocycles. The van der Waals surface area contributed by atoms with E-state index in [1.54, 1.807) is 0 Å². The Balaban J connectivity index is 5.01. The van der Waals surface area contributed by atoms with Crippen LogP contribution in [0.5, 0.6) is 0 Å². The average Bonchev–Trinajstić information content (AvgIpc) is 1.86. The molecule has 0 aromatic rings. The van der Waals surface area contributed by atoms with Crippen molar-refractivity contribution in [3.05, 3.63) is 0 Å². The van der Waals surface area contributed by atoms with E-state index in [9.17, 15) is 9.59 Å². The number of hydrogen-bond acceptors (Lipinski definition) is 6. The van der Waals surface area contributed by atoms with Crippen LogP contribution in [-0.4, -0.2) is 48.9 Å². The Morgan fingerprint density at radius 3 is 1.42 bits per heavy atom. The fourth-order valence-electron chi connectivity index (χ4n) is 0.395. The molecule has 0 bridgehead atoms. The van der Waals surface area contributed by atoms with Crippen LogP contribution in [0.15, 0.2) is 0 Å². The Hall–Kier alpha value is -1.02. The molecule has 0 aliphatic heterocycles. The van der Waals surface area contributed by atoms with Gasteiger partial charge in [0.15, 0.2) is 5.78 Å². The van der Waals surface area contributed by atoms with Crippen LogP contribution in [0.25, 0.3) is 0 Å². The summed E-state index contributed by atoms with van der Waals surface area (Å²) in [6.45, 7) is 0.601. The van der Waals surface area contributed by atoms with Gasteiger partial charge in [0.25, 0.3) is 5.79 Å². The monoisotopic (exact) mass is 180 g/mol. The van der Waals surface area contributed by atoms with Crippen LogP contribution in [0, 0.1) is 0 Å². The first kappa shape index (κ1) is 11.0. The molecule has 0 fully saturated rings. The smallest absolute Gasteiger partial charge is 0.370 e. The van der Waals surface area contributed by atoms with Gasteiger partial charge < -0.3 is 25.5 Å². The molecule has 0 saturated heterocycles. The van der Waals surface area contributed by atoms with Gasteiger partial charge in [0.05, 0.1) is 0 Å². The van der Waals surface area contributed by atoms with Crippen LogP contribution >= 0.6 is 0 Å². The Morgan fingerprint density at radius 2 is 1.33 bits per heavy atom. The molecule has 0 unspecified atom stereocenters. The van der Waals surface area contributed by atoms with Crippen LogP contribution in [0.4, 0.5) is 0 Å². The number of carboxylic acid groups (broad SMARTS) is 1. The lowest BCUT2D eigenvalue weighted by molar-refractivity contribution is -0.325. The minimum atomic E-state index is -3.90. The van der Waals surface area contributed by atoms with E-state index in [0.717, 1.165) is 0 Å². The third kappa shape index (κ3) is 1.43. The number of carboxylic acids is 1. The zero-order chi connectivity index (χ0) is 10.2. The van der Waals surface area contributed by atoms with E-state index in [0.29, 0.717) is 6.92 Å². The number of aliphatic carboxylic acids is 1. The van der Waals surface area contributed by atoms with Gasteiger partial charge in [-0.15, -0.1) is 0 Å². The number of rotatable bonds is 3. The number of ketones is 1. The highest BCUT2D eigenvalue weighted by Gasteiger charge is 2.57. The maximum atomic E-state index is 10.3. The van der Waals surface area contributed by atoms with Gasteiger partial charge in [-0.25, -0.2) is 4.79 Å². The molecule has 0 atom stereocenters. The van der Waals surface area contributed by atoms with Crippen LogP contribution < -0.4 is 0 Å². The molecule has 0 aromatic heterocycles. The molecule has 0 aromatic carbocycles. The summed E-state index contributed by atoms with van der Waals surface area (Å²) in [7, 11) is 0. The fraction of sp³-hybridized carbons (Fsp3) is 0.600. The Kier molecular flexibility index (Phi) is 2.55. The van der Waals surface area contributed by atoms with Crippen molar-refractivity contribution >= 4 is 11.8 Å². The molecule has 0 amide bonds. The summed E-state index contributed by atoms with van der Waals surface area (Å²) in [5.41, 5.74) is 0. The molecule has 12 heavy (non-hydrogen) atoms. The van der Waals surface area contributed by atoms with Crippen molar-refractivity contribution in [1.29, 1.82) is 0 Å². The number of aliphatic hydroxyl groups is 4. The van der Waals surface area contributed by atoms with Gasteiger partial charge in [0.1, 0.15) is 0 Å². The Bertz CT molecular complexity index is 192. The van der Waals surface area contributed by atoms with Crippen molar-refractivity contribution in [2.24, 2.45) is 0 Å². The van der Waals surface area contributed by atoms with Crippen molar-refractivity contribution in [1.82, 2.24) is 0 Å². The molecule has 7 nitrogen and oxygen atoms in total. The van der Waals surface area contributed by atoms with Gasteiger partial charge in [0, 0.05) is 6.92 Å². The lowest BCUT2D eigenvalue weighted by Crippen LogP contribution is -2.63. The zero-order valence-corrected chi connectivity index (χ0v) is 6.05. The molecular weight excluding hydrogens is 172 g/mol.